The highest BCUT2D eigenvalue weighted by Crippen LogP contribution is 2.55. The van der Waals surface area contributed by atoms with Gasteiger partial charge in [0, 0.05) is 6.54 Å². The van der Waals surface area contributed by atoms with Gasteiger partial charge >= 0.3 is 6.09 Å². The maximum atomic E-state index is 14.1. The standard InChI is InChI=1S/C12H19FN2O3/c1-10(2,3)18-9(17)15-6-11(8(14)16)4-12(13,5-11)7-15/h4-7H2,1-3H3,(H2,14,16). The van der Waals surface area contributed by atoms with Crippen LogP contribution < -0.4 is 5.73 Å². The first-order valence-corrected chi connectivity index (χ1v) is 6.02. The molecule has 1 saturated carbocycles. The number of hydrogen-bond donors (Lipinski definition) is 1. The molecule has 3 rings (SSSR count). The first-order valence-electron chi connectivity index (χ1n) is 6.02. The Bertz CT molecular complexity index is 397. The van der Waals surface area contributed by atoms with E-state index in [-0.39, 0.29) is 25.9 Å². The van der Waals surface area contributed by atoms with E-state index in [4.69, 9.17) is 10.5 Å². The van der Waals surface area contributed by atoms with E-state index in [2.05, 4.69) is 0 Å². The summed E-state index contributed by atoms with van der Waals surface area (Å²) < 4.78 is 19.3. The smallest absolute Gasteiger partial charge is 0.410 e. The van der Waals surface area contributed by atoms with E-state index in [1.807, 2.05) is 0 Å². The van der Waals surface area contributed by atoms with Crippen LogP contribution >= 0.6 is 0 Å². The summed E-state index contributed by atoms with van der Waals surface area (Å²) in [5.74, 6) is -0.538. The Hall–Kier alpha value is -1.33. The van der Waals surface area contributed by atoms with Gasteiger partial charge in [-0.25, -0.2) is 9.18 Å². The predicted octanol–water partition coefficient (Wildman–Crippen LogP) is 1.21. The molecule has 0 atom stereocenters. The van der Waals surface area contributed by atoms with Gasteiger partial charge in [0.25, 0.3) is 0 Å². The Morgan fingerprint density at radius 2 is 1.83 bits per heavy atom. The van der Waals surface area contributed by atoms with Crippen molar-refractivity contribution in [2.75, 3.05) is 13.1 Å². The number of nitrogens with two attached hydrogens (primary N) is 1. The molecule has 2 saturated heterocycles. The third-order valence-corrected chi connectivity index (χ3v) is 3.45. The average Bonchev–Trinajstić information content (AvgIpc) is 2.12. The van der Waals surface area contributed by atoms with Crippen LogP contribution in [0.15, 0.2) is 0 Å². The first kappa shape index (κ1) is 13.1. The summed E-state index contributed by atoms with van der Waals surface area (Å²) in [6.07, 6.45) is -0.349. The maximum absolute atomic E-state index is 14.1. The van der Waals surface area contributed by atoms with Gasteiger partial charge < -0.3 is 15.4 Å². The minimum Gasteiger partial charge on any atom is -0.444 e. The molecule has 2 amide bonds. The van der Waals surface area contributed by atoms with E-state index in [1.54, 1.807) is 20.8 Å². The normalized spacial score (nSPS) is 34.8. The molecular formula is C12H19FN2O3. The molecule has 102 valence electrons. The zero-order chi connectivity index (χ0) is 13.8. The number of hydrogen-bond acceptors (Lipinski definition) is 3. The number of carbonyl (C=O) groups is 2. The molecule has 0 aromatic heterocycles. The lowest BCUT2D eigenvalue weighted by atomic mass is 9.56. The van der Waals surface area contributed by atoms with Gasteiger partial charge in [-0.2, -0.15) is 0 Å². The lowest BCUT2D eigenvalue weighted by Crippen LogP contribution is -2.70. The molecule has 2 bridgehead atoms. The number of primary amides is 1. The molecule has 5 nitrogen and oxygen atoms in total. The highest BCUT2D eigenvalue weighted by Gasteiger charge is 2.64. The highest BCUT2D eigenvalue weighted by molar-refractivity contribution is 5.84. The molecule has 2 heterocycles. The second kappa shape index (κ2) is 3.59. The number of carbonyl (C=O) groups excluding carboxylic acids is 2. The van der Waals surface area contributed by atoms with Gasteiger partial charge in [-0.1, -0.05) is 0 Å². The van der Waals surface area contributed by atoms with Crippen LogP contribution in [0, 0.1) is 5.41 Å². The van der Waals surface area contributed by atoms with Crippen molar-refractivity contribution in [1.29, 1.82) is 0 Å². The molecule has 3 aliphatic rings. The van der Waals surface area contributed by atoms with E-state index in [0.29, 0.717) is 0 Å². The van der Waals surface area contributed by atoms with Crippen molar-refractivity contribution in [3.63, 3.8) is 0 Å². The Balaban J connectivity index is 2.08. The summed E-state index contributed by atoms with van der Waals surface area (Å²) in [5.41, 5.74) is 2.29. The number of piperidine rings is 2. The van der Waals surface area contributed by atoms with E-state index >= 15 is 0 Å². The first-order chi connectivity index (χ1) is 8.05. The third kappa shape index (κ3) is 2.15. The van der Waals surface area contributed by atoms with Crippen molar-refractivity contribution in [2.24, 2.45) is 11.1 Å². The maximum Gasteiger partial charge on any atom is 0.410 e. The van der Waals surface area contributed by atoms with E-state index in [9.17, 15) is 14.0 Å². The fourth-order valence-corrected chi connectivity index (χ4v) is 2.86. The summed E-state index contributed by atoms with van der Waals surface area (Å²) in [6.45, 7) is 5.36. The SMILES string of the molecule is CC(C)(C)OC(=O)N1CC2(F)CC(C(N)=O)(C1)C2. The van der Waals surface area contributed by atoms with E-state index in [1.165, 1.54) is 4.90 Å². The molecule has 2 aliphatic heterocycles. The fraction of sp³-hybridized carbons (Fsp3) is 0.833. The molecule has 1 aliphatic carbocycles. The monoisotopic (exact) mass is 258 g/mol. The highest BCUT2D eigenvalue weighted by atomic mass is 19.1. The van der Waals surface area contributed by atoms with Crippen molar-refractivity contribution in [3.05, 3.63) is 0 Å². The largest absolute Gasteiger partial charge is 0.444 e. The number of rotatable bonds is 1. The second-order valence-corrected chi connectivity index (χ2v) is 6.49. The molecule has 6 heteroatoms. The van der Waals surface area contributed by atoms with E-state index < -0.39 is 28.7 Å². The number of nitrogens with zero attached hydrogens (tertiary/aromatic N) is 1. The number of alkyl halides is 1. The molecular weight excluding hydrogens is 239 g/mol. The van der Waals surface area contributed by atoms with Crippen LogP contribution in [0.4, 0.5) is 9.18 Å². The number of ether oxygens (including phenoxy) is 1. The number of amides is 2. The van der Waals surface area contributed by atoms with Crippen molar-refractivity contribution in [2.45, 2.75) is 44.9 Å². The van der Waals surface area contributed by atoms with Gasteiger partial charge in [0.1, 0.15) is 11.3 Å². The van der Waals surface area contributed by atoms with Crippen LogP contribution in [0.3, 0.4) is 0 Å². The molecule has 0 aromatic carbocycles. The van der Waals surface area contributed by atoms with Crippen molar-refractivity contribution in [1.82, 2.24) is 4.90 Å². The molecule has 2 N–H and O–H groups in total. The van der Waals surface area contributed by atoms with Gasteiger partial charge in [0.15, 0.2) is 0 Å². The molecule has 0 aromatic rings. The van der Waals surface area contributed by atoms with Gasteiger partial charge in [-0.15, -0.1) is 0 Å². The van der Waals surface area contributed by atoms with Gasteiger partial charge in [-0.3, -0.25) is 4.79 Å². The summed E-state index contributed by atoms with van der Waals surface area (Å²) in [6, 6.07) is 0. The Morgan fingerprint density at radius 3 is 2.28 bits per heavy atom. The fourth-order valence-electron chi connectivity index (χ4n) is 2.86. The summed E-state index contributed by atoms with van der Waals surface area (Å²) >= 11 is 0. The second-order valence-electron chi connectivity index (χ2n) is 6.49. The van der Waals surface area contributed by atoms with Gasteiger partial charge in [-0.05, 0) is 33.6 Å². The van der Waals surface area contributed by atoms with Crippen LogP contribution in [0.1, 0.15) is 33.6 Å². The number of halogens is 1. The molecule has 0 unspecified atom stereocenters. The Morgan fingerprint density at radius 1 is 1.28 bits per heavy atom. The molecule has 3 fully saturated rings. The number of fused-ring (bicyclic) bond motifs is 2. The van der Waals surface area contributed by atoms with Crippen molar-refractivity contribution < 1.29 is 18.7 Å². The van der Waals surface area contributed by atoms with Crippen LogP contribution in [0.2, 0.25) is 0 Å². The van der Waals surface area contributed by atoms with Gasteiger partial charge in [0.2, 0.25) is 5.91 Å². The lowest BCUT2D eigenvalue weighted by molar-refractivity contribution is -0.168. The Labute approximate surface area is 105 Å². The summed E-state index contributed by atoms with van der Waals surface area (Å²) in [4.78, 5) is 24.5. The average molecular weight is 258 g/mol. The van der Waals surface area contributed by atoms with Crippen LogP contribution in [-0.2, 0) is 9.53 Å². The van der Waals surface area contributed by atoms with Gasteiger partial charge in [0.05, 0.1) is 12.0 Å². The topological polar surface area (TPSA) is 72.6 Å². The quantitative estimate of drug-likeness (QED) is 0.768. The lowest BCUT2D eigenvalue weighted by Gasteiger charge is -2.57. The molecule has 0 spiro atoms. The zero-order valence-electron chi connectivity index (χ0n) is 11.0. The summed E-state index contributed by atoms with van der Waals surface area (Å²) in [5, 5.41) is 0. The summed E-state index contributed by atoms with van der Waals surface area (Å²) in [7, 11) is 0. The van der Waals surface area contributed by atoms with Crippen LogP contribution in [0.5, 0.6) is 0 Å². The van der Waals surface area contributed by atoms with Crippen LogP contribution in [-0.4, -0.2) is 41.3 Å². The minimum atomic E-state index is -1.48. The van der Waals surface area contributed by atoms with Crippen molar-refractivity contribution >= 4 is 12.0 Å². The predicted molar refractivity (Wildman–Crippen MR) is 62.5 cm³/mol. The molecule has 18 heavy (non-hydrogen) atoms. The van der Waals surface area contributed by atoms with Crippen LogP contribution in [0.25, 0.3) is 0 Å². The molecule has 0 radical (unpaired) electrons. The zero-order valence-corrected chi connectivity index (χ0v) is 11.0. The van der Waals surface area contributed by atoms with E-state index in [0.717, 1.165) is 0 Å². The third-order valence-electron chi connectivity index (χ3n) is 3.45. The van der Waals surface area contributed by atoms with Crippen molar-refractivity contribution in [3.8, 4) is 0 Å². The minimum absolute atomic E-state index is 0.0169. The Kier molecular flexibility index (Phi) is 2.61.